The van der Waals surface area contributed by atoms with E-state index in [1.54, 1.807) is 0 Å². The van der Waals surface area contributed by atoms with Gasteiger partial charge < -0.3 is 14.6 Å². The van der Waals surface area contributed by atoms with Crippen LogP contribution in [0.25, 0.3) is 0 Å². The summed E-state index contributed by atoms with van der Waals surface area (Å²) < 4.78 is 10.3. The normalized spacial score (nSPS) is 17.6. The van der Waals surface area contributed by atoms with Crippen molar-refractivity contribution in [3.8, 4) is 0 Å². The van der Waals surface area contributed by atoms with Gasteiger partial charge in [-0.1, -0.05) is 0 Å². The van der Waals surface area contributed by atoms with Crippen molar-refractivity contribution in [1.82, 2.24) is 0 Å². The number of aliphatic hydroxyl groups is 1. The molecule has 7 heteroatoms. The summed E-state index contributed by atoms with van der Waals surface area (Å²) in [5.74, 6) is -0.337. The van der Waals surface area contributed by atoms with Crippen LogP contribution in [0.4, 0.5) is 5.69 Å². The third-order valence-electron chi connectivity index (χ3n) is 2.97. The molecule has 1 N–H and O–H groups in total. The predicted molar refractivity (Wildman–Crippen MR) is 68.0 cm³/mol. The number of Topliss-reactive ketones (excluding diaryl/α,β-unsaturated/α-hetero) is 1. The van der Waals surface area contributed by atoms with Crippen molar-refractivity contribution in [3.63, 3.8) is 0 Å². The molecule has 1 aliphatic rings. The fraction of sp³-hybridized carbons (Fsp3) is 0.462. The Hall–Kier alpha value is -1.83. The van der Waals surface area contributed by atoms with E-state index in [4.69, 9.17) is 9.47 Å². The molecule has 0 bridgehead atoms. The van der Waals surface area contributed by atoms with Crippen LogP contribution in [0.2, 0.25) is 0 Å². The second kappa shape index (κ2) is 6.56. The number of nitro benzene ring substituents is 1. The first-order valence-corrected chi connectivity index (χ1v) is 6.26. The number of hydrogen-bond acceptors (Lipinski definition) is 6. The van der Waals surface area contributed by atoms with E-state index >= 15 is 0 Å². The Morgan fingerprint density at radius 3 is 2.50 bits per heavy atom. The molecule has 108 valence electrons. The van der Waals surface area contributed by atoms with Gasteiger partial charge in [0.05, 0.1) is 24.2 Å². The molecule has 20 heavy (non-hydrogen) atoms. The maximum Gasteiger partial charge on any atom is 0.269 e. The highest BCUT2D eigenvalue weighted by molar-refractivity contribution is 5.82. The molecule has 0 amide bonds. The first-order chi connectivity index (χ1) is 9.58. The minimum absolute atomic E-state index is 0.0637. The quantitative estimate of drug-likeness (QED) is 0.646. The lowest BCUT2D eigenvalue weighted by Gasteiger charge is -2.22. The van der Waals surface area contributed by atoms with E-state index in [1.807, 2.05) is 0 Å². The van der Waals surface area contributed by atoms with Gasteiger partial charge in [0.15, 0.2) is 5.78 Å². The maximum absolute atomic E-state index is 11.8. The van der Waals surface area contributed by atoms with Crippen LogP contribution in [0.5, 0.6) is 0 Å². The second-order valence-corrected chi connectivity index (χ2v) is 4.46. The number of carbonyl (C=O) groups is 1. The first-order valence-electron chi connectivity index (χ1n) is 6.26. The Labute approximate surface area is 115 Å². The standard InChI is InChI=1S/C13H15NO6/c15-11(8-12(16)13-19-6-1-7-20-13)9-2-4-10(5-3-9)14(17)18/h2-5,11,13,15H,1,6-8H2/t11-/m0/s1. The summed E-state index contributed by atoms with van der Waals surface area (Å²) in [5.41, 5.74) is 0.381. The van der Waals surface area contributed by atoms with Gasteiger partial charge in [0.1, 0.15) is 0 Å². The number of nitro groups is 1. The van der Waals surface area contributed by atoms with Crippen LogP contribution in [0, 0.1) is 10.1 Å². The zero-order valence-electron chi connectivity index (χ0n) is 10.7. The summed E-state index contributed by atoms with van der Waals surface area (Å²) >= 11 is 0. The van der Waals surface area contributed by atoms with Gasteiger partial charge in [0.2, 0.25) is 6.29 Å². The lowest BCUT2D eigenvalue weighted by Crippen LogP contribution is -2.33. The van der Waals surface area contributed by atoms with E-state index in [0.717, 1.165) is 6.42 Å². The fourth-order valence-corrected chi connectivity index (χ4v) is 1.90. The van der Waals surface area contributed by atoms with Crippen molar-refractivity contribution in [3.05, 3.63) is 39.9 Å². The number of nitrogens with zero attached hydrogens (tertiary/aromatic N) is 1. The van der Waals surface area contributed by atoms with Crippen LogP contribution >= 0.6 is 0 Å². The van der Waals surface area contributed by atoms with Gasteiger partial charge in [-0.2, -0.15) is 0 Å². The molecule has 1 saturated heterocycles. The molecule has 1 aromatic carbocycles. The Morgan fingerprint density at radius 2 is 1.95 bits per heavy atom. The number of aliphatic hydroxyl groups excluding tert-OH is 1. The van der Waals surface area contributed by atoms with Crippen molar-refractivity contribution in [2.45, 2.75) is 25.2 Å². The molecule has 0 unspecified atom stereocenters. The molecule has 0 spiro atoms. The van der Waals surface area contributed by atoms with Gasteiger partial charge in [-0.3, -0.25) is 14.9 Å². The molecule has 0 aliphatic carbocycles. The number of benzene rings is 1. The molecular weight excluding hydrogens is 266 g/mol. The number of non-ortho nitro benzene ring substituents is 1. The molecule has 2 rings (SSSR count). The third-order valence-corrected chi connectivity index (χ3v) is 2.97. The molecule has 1 aliphatic heterocycles. The van der Waals surface area contributed by atoms with Crippen LogP contribution in [-0.4, -0.2) is 35.3 Å². The SMILES string of the molecule is O=C(C[C@H](O)c1ccc([N+](=O)[O-])cc1)C1OCCCO1. The van der Waals surface area contributed by atoms with Gasteiger partial charge >= 0.3 is 0 Å². The lowest BCUT2D eigenvalue weighted by molar-refractivity contribution is -0.384. The summed E-state index contributed by atoms with van der Waals surface area (Å²) in [6.45, 7) is 0.925. The Morgan fingerprint density at radius 1 is 1.35 bits per heavy atom. The number of hydrogen-bond donors (Lipinski definition) is 1. The van der Waals surface area contributed by atoms with E-state index in [1.165, 1.54) is 24.3 Å². The summed E-state index contributed by atoms with van der Waals surface area (Å²) in [6.07, 6.45) is -1.36. The zero-order chi connectivity index (χ0) is 14.5. The van der Waals surface area contributed by atoms with Crippen LogP contribution in [0.1, 0.15) is 24.5 Å². The van der Waals surface area contributed by atoms with Crippen molar-refractivity contribution >= 4 is 11.5 Å². The molecule has 1 heterocycles. The van der Waals surface area contributed by atoms with Crippen molar-refractivity contribution in [2.24, 2.45) is 0 Å². The predicted octanol–water partition coefficient (Wildman–Crippen LogP) is 1.35. The van der Waals surface area contributed by atoms with Gasteiger partial charge in [-0.25, -0.2) is 0 Å². The number of rotatable bonds is 5. The van der Waals surface area contributed by atoms with E-state index in [0.29, 0.717) is 18.8 Å². The van der Waals surface area contributed by atoms with E-state index in [9.17, 15) is 20.0 Å². The average Bonchev–Trinajstić information content (AvgIpc) is 2.48. The summed E-state index contributed by atoms with van der Waals surface area (Å²) in [6, 6.07) is 5.44. The summed E-state index contributed by atoms with van der Waals surface area (Å²) in [5, 5.41) is 20.5. The van der Waals surface area contributed by atoms with Crippen LogP contribution in [0.15, 0.2) is 24.3 Å². The number of ketones is 1. The largest absolute Gasteiger partial charge is 0.388 e. The van der Waals surface area contributed by atoms with Crippen LogP contribution in [0.3, 0.4) is 0 Å². The minimum atomic E-state index is -1.03. The monoisotopic (exact) mass is 281 g/mol. The van der Waals surface area contributed by atoms with Crippen molar-refractivity contribution < 1.29 is 24.3 Å². The summed E-state index contributed by atoms with van der Waals surface area (Å²) in [7, 11) is 0. The van der Waals surface area contributed by atoms with E-state index in [-0.39, 0.29) is 17.9 Å². The van der Waals surface area contributed by atoms with Crippen LogP contribution < -0.4 is 0 Å². The first kappa shape index (κ1) is 14.6. The number of ether oxygens (including phenoxy) is 2. The topological polar surface area (TPSA) is 98.9 Å². The molecule has 0 aromatic heterocycles. The van der Waals surface area contributed by atoms with Gasteiger partial charge in [0.25, 0.3) is 5.69 Å². The lowest BCUT2D eigenvalue weighted by atomic mass is 10.0. The van der Waals surface area contributed by atoms with Crippen LogP contribution in [-0.2, 0) is 14.3 Å². The average molecular weight is 281 g/mol. The Kier molecular flexibility index (Phi) is 4.78. The highest BCUT2D eigenvalue weighted by Gasteiger charge is 2.25. The zero-order valence-corrected chi connectivity index (χ0v) is 10.7. The molecule has 1 fully saturated rings. The second-order valence-electron chi connectivity index (χ2n) is 4.46. The smallest absolute Gasteiger partial charge is 0.269 e. The molecule has 1 atom stereocenters. The van der Waals surface area contributed by atoms with Gasteiger partial charge in [-0.15, -0.1) is 0 Å². The van der Waals surface area contributed by atoms with Crippen molar-refractivity contribution in [2.75, 3.05) is 13.2 Å². The highest BCUT2D eigenvalue weighted by atomic mass is 16.7. The Bertz CT molecular complexity index is 480. The van der Waals surface area contributed by atoms with E-state index < -0.39 is 17.3 Å². The van der Waals surface area contributed by atoms with Gasteiger partial charge in [0, 0.05) is 18.6 Å². The van der Waals surface area contributed by atoms with Gasteiger partial charge in [-0.05, 0) is 24.1 Å². The number of carbonyl (C=O) groups excluding carboxylic acids is 1. The molecule has 0 saturated carbocycles. The summed E-state index contributed by atoms with van der Waals surface area (Å²) in [4.78, 5) is 21.8. The minimum Gasteiger partial charge on any atom is -0.388 e. The maximum atomic E-state index is 11.8. The third kappa shape index (κ3) is 3.60. The molecular formula is C13H15NO6. The highest BCUT2D eigenvalue weighted by Crippen LogP contribution is 2.22. The fourth-order valence-electron chi connectivity index (χ4n) is 1.90. The molecule has 0 radical (unpaired) electrons. The van der Waals surface area contributed by atoms with Crippen molar-refractivity contribution in [1.29, 1.82) is 0 Å². The Balaban J connectivity index is 1.94. The molecule has 7 nitrogen and oxygen atoms in total. The van der Waals surface area contributed by atoms with E-state index in [2.05, 4.69) is 0 Å². The molecule has 1 aromatic rings.